The fraction of sp³-hybridized carbons (Fsp3) is 0.412. The highest BCUT2D eigenvalue weighted by molar-refractivity contribution is 5.84. The summed E-state index contributed by atoms with van der Waals surface area (Å²) in [4.78, 5) is 31.7. The topological polar surface area (TPSA) is 86.0 Å². The van der Waals surface area contributed by atoms with Crippen LogP contribution in [-0.4, -0.2) is 57.4 Å². The molecule has 1 fully saturated rings. The van der Waals surface area contributed by atoms with Gasteiger partial charge >= 0.3 is 5.69 Å². The zero-order valence-electron chi connectivity index (χ0n) is 14.6. The minimum absolute atomic E-state index is 0.0748. The summed E-state index contributed by atoms with van der Waals surface area (Å²) in [5.41, 5.74) is 0.171. The van der Waals surface area contributed by atoms with E-state index in [4.69, 9.17) is 0 Å². The summed E-state index contributed by atoms with van der Waals surface area (Å²) in [7, 11) is 2.03. The van der Waals surface area contributed by atoms with Gasteiger partial charge in [-0.2, -0.15) is 0 Å². The van der Waals surface area contributed by atoms with Crippen LogP contribution in [0.4, 0.5) is 10.1 Å². The van der Waals surface area contributed by atoms with Gasteiger partial charge < -0.3 is 20.0 Å². The first-order valence-electron chi connectivity index (χ1n) is 8.57. The first-order chi connectivity index (χ1) is 12.4. The Kier molecular flexibility index (Phi) is 3.76. The summed E-state index contributed by atoms with van der Waals surface area (Å²) < 4.78 is 16.0. The van der Waals surface area contributed by atoms with Gasteiger partial charge in [0.1, 0.15) is 11.5 Å². The van der Waals surface area contributed by atoms with Crippen LogP contribution in [0.1, 0.15) is 12.5 Å². The number of rotatable bonds is 2. The molecule has 8 nitrogen and oxygen atoms in total. The molecule has 2 N–H and O–H groups in total. The number of anilines is 1. The van der Waals surface area contributed by atoms with Crippen LogP contribution >= 0.6 is 0 Å². The van der Waals surface area contributed by atoms with Crippen molar-refractivity contribution >= 4 is 22.4 Å². The molecular formula is C17H20FN5O3. The summed E-state index contributed by atoms with van der Waals surface area (Å²) in [5.74, 6) is -0.441. The van der Waals surface area contributed by atoms with E-state index in [1.807, 2.05) is 11.9 Å². The third-order valence-corrected chi connectivity index (χ3v) is 5.09. The molecule has 0 bridgehead atoms. The third-order valence-electron chi connectivity index (χ3n) is 5.09. The van der Waals surface area contributed by atoms with E-state index >= 15 is 0 Å². The minimum atomic E-state index is -0.916. The van der Waals surface area contributed by atoms with E-state index in [-0.39, 0.29) is 21.5 Å². The van der Waals surface area contributed by atoms with Gasteiger partial charge in [0.05, 0.1) is 22.3 Å². The molecule has 0 spiro atoms. The number of hydrogen-bond donors (Lipinski definition) is 2. The van der Waals surface area contributed by atoms with E-state index in [1.165, 1.54) is 6.07 Å². The second kappa shape index (κ2) is 5.87. The lowest BCUT2D eigenvalue weighted by Gasteiger charge is -2.34. The van der Waals surface area contributed by atoms with E-state index in [0.717, 1.165) is 17.5 Å². The molecule has 1 aliphatic rings. The number of aromatic nitrogens is 3. The van der Waals surface area contributed by atoms with E-state index in [9.17, 15) is 19.2 Å². The van der Waals surface area contributed by atoms with E-state index in [2.05, 4.69) is 9.88 Å². The van der Waals surface area contributed by atoms with Gasteiger partial charge in [0, 0.05) is 32.2 Å². The van der Waals surface area contributed by atoms with Gasteiger partial charge in [0.15, 0.2) is 0 Å². The molecule has 0 radical (unpaired) electrons. The van der Waals surface area contributed by atoms with Crippen molar-refractivity contribution in [1.29, 1.82) is 0 Å². The predicted molar refractivity (Wildman–Crippen MR) is 96.0 cm³/mol. The first-order valence-corrected chi connectivity index (χ1v) is 8.57. The van der Waals surface area contributed by atoms with E-state index in [1.54, 1.807) is 13.0 Å². The van der Waals surface area contributed by atoms with Gasteiger partial charge in [-0.1, -0.05) is 11.7 Å². The second-order valence-electron chi connectivity index (χ2n) is 6.65. The molecule has 3 heterocycles. The van der Waals surface area contributed by atoms with Crippen LogP contribution < -0.4 is 16.1 Å². The zero-order chi connectivity index (χ0) is 18.6. The molecule has 9 heteroatoms. The highest BCUT2D eigenvalue weighted by Gasteiger charge is 2.21. The number of aryl methyl sites for hydroxylation is 1. The quantitative estimate of drug-likeness (QED) is 0.654. The van der Waals surface area contributed by atoms with Crippen molar-refractivity contribution in [2.45, 2.75) is 13.3 Å². The van der Waals surface area contributed by atoms with Crippen LogP contribution in [0.3, 0.4) is 0 Å². The molecule has 1 aromatic carbocycles. The largest absolute Gasteiger partial charge is 0.421 e. The Labute approximate surface area is 147 Å². The number of nitrogens with zero attached hydrogens (tertiary/aromatic N) is 4. The number of benzene rings is 1. The molecule has 1 aliphatic heterocycles. The van der Waals surface area contributed by atoms with Crippen LogP contribution in [-0.2, 0) is 6.42 Å². The smallest absolute Gasteiger partial charge is 0.370 e. The Morgan fingerprint density at radius 1 is 1.19 bits per heavy atom. The number of piperazine rings is 1. The number of halogens is 1. The zero-order valence-corrected chi connectivity index (χ0v) is 14.6. The molecule has 2 aromatic heterocycles. The van der Waals surface area contributed by atoms with Crippen LogP contribution in [0.5, 0.6) is 0 Å². The summed E-state index contributed by atoms with van der Waals surface area (Å²) in [6, 6.07) is 2.94. The van der Waals surface area contributed by atoms with Gasteiger partial charge in [-0.05, 0) is 19.5 Å². The molecule has 0 saturated carbocycles. The van der Waals surface area contributed by atoms with Crippen LogP contribution in [0.25, 0.3) is 16.7 Å². The van der Waals surface area contributed by atoms with Crippen molar-refractivity contribution < 1.29 is 9.60 Å². The number of nitrogens with one attached hydrogen (secondary N) is 1. The molecule has 0 unspecified atom stereocenters. The Hall–Kier alpha value is -2.81. The SMILES string of the molecule is CCc1c(=O)n(O)c(=O)n2c1[nH]c1cc(N3CCN(C)CC3)c(F)cc12. The summed E-state index contributed by atoms with van der Waals surface area (Å²) in [5, 5.41) is 9.80. The lowest BCUT2D eigenvalue weighted by molar-refractivity contribution is 0.158. The first kappa shape index (κ1) is 16.6. The number of fused-ring (bicyclic) bond motifs is 3. The van der Waals surface area contributed by atoms with Crippen molar-refractivity contribution in [3.63, 3.8) is 0 Å². The van der Waals surface area contributed by atoms with Gasteiger partial charge in [-0.3, -0.25) is 4.79 Å². The highest BCUT2D eigenvalue weighted by Crippen LogP contribution is 2.27. The molecule has 0 aliphatic carbocycles. The van der Waals surface area contributed by atoms with Crippen molar-refractivity contribution in [3.05, 3.63) is 44.4 Å². The second-order valence-corrected chi connectivity index (χ2v) is 6.65. The number of H-pyrrole nitrogens is 1. The van der Waals surface area contributed by atoms with Gasteiger partial charge in [0.25, 0.3) is 5.56 Å². The molecule has 26 heavy (non-hydrogen) atoms. The predicted octanol–water partition coefficient (Wildman–Crippen LogP) is 0.633. The fourth-order valence-electron chi connectivity index (χ4n) is 3.57. The maximum absolute atomic E-state index is 14.8. The van der Waals surface area contributed by atoms with Crippen LogP contribution in [0.15, 0.2) is 21.7 Å². The fourth-order valence-corrected chi connectivity index (χ4v) is 3.57. The Morgan fingerprint density at radius 3 is 2.54 bits per heavy atom. The van der Waals surface area contributed by atoms with Gasteiger partial charge in [-0.25, -0.2) is 13.6 Å². The van der Waals surface area contributed by atoms with E-state index in [0.29, 0.717) is 30.7 Å². The maximum Gasteiger partial charge on any atom is 0.370 e. The number of likely N-dealkylation sites (N-methyl/N-ethyl adjacent to an activating group) is 1. The van der Waals surface area contributed by atoms with Crippen molar-refractivity contribution in [3.8, 4) is 0 Å². The van der Waals surface area contributed by atoms with E-state index < -0.39 is 17.1 Å². The normalized spacial score (nSPS) is 16.0. The average Bonchev–Trinajstić information content (AvgIpc) is 2.98. The third kappa shape index (κ3) is 2.31. The molecule has 0 amide bonds. The lowest BCUT2D eigenvalue weighted by atomic mass is 10.2. The maximum atomic E-state index is 14.8. The van der Waals surface area contributed by atoms with Gasteiger partial charge in [-0.15, -0.1) is 0 Å². The van der Waals surface area contributed by atoms with Crippen molar-refractivity contribution in [1.82, 2.24) is 19.0 Å². The molecule has 138 valence electrons. The monoisotopic (exact) mass is 361 g/mol. The summed E-state index contributed by atoms with van der Waals surface area (Å²) in [6.07, 6.45) is 0.323. The average molecular weight is 361 g/mol. The molecule has 1 saturated heterocycles. The molecular weight excluding hydrogens is 341 g/mol. The van der Waals surface area contributed by atoms with Crippen molar-refractivity contribution in [2.75, 3.05) is 38.1 Å². The van der Waals surface area contributed by atoms with Gasteiger partial charge in [0.2, 0.25) is 0 Å². The van der Waals surface area contributed by atoms with Crippen LogP contribution in [0, 0.1) is 5.82 Å². The Bertz CT molecular complexity index is 1120. The van der Waals surface area contributed by atoms with Crippen molar-refractivity contribution in [2.24, 2.45) is 0 Å². The Balaban J connectivity index is 1.98. The lowest BCUT2D eigenvalue weighted by Crippen LogP contribution is -2.44. The standard InChI is InChI=1S/C17H20FN5O3/c1-3-10-15-19-12-9-13(21-6-4-20(2)5-7-21)11(18)8-14(12)22(15)17(25)23(26)16(10)24/h8-9,19,26H,3-7H2,1-2H3. The number of aromatic amines is 1. The summed E-state index contributed by atoms with van der Waals surface area (Å²) >= 11 is 0. The summed E-state index contributed by atoms with van der Waals surface area (Å²) in [6.45, 7) is 4.85. The molecule has 3 aromatic rings. The minimum Gasteiger partial charge on any atom is -0.421 e. The molecule has 0 atom stereocenters. The number of hydrogen-bond acceptors (Lipinski definition) is 5. The highest BCUT2D eigenvalue weighted by atomic mass is 19.1. The van der Waals surface area contributed by atoms with Crippen LogP contribution in [0.2, 0.25) is 0 Å². The molecule has 4 rings (SSSR count). The Morgan fingerprint density at radius 2 is 1.88 bits per heavy atom. The number of imidazole rings is 1.